The van der Waals surface area contributed by atoms with Gasteiger partial charge in [-0.15, -0.1) is 0 Å². The summed E-state index contributed by atoms with van der Waals surface area (Å²) in [4.78, 5) is 0. The minimum absolute atomic E-state index is 0.485. The molecule has 1 rings (SSSR count). The van der Waals surface area contributed by atoms with Gasteiger partial charge in [-0.2, -0.15) is 0 Å². The van der Waals surface area contributed by atoms with Gasteiger partial charge in [0, 0.05) is 6.04 Å². The molecule has 1 N–H and O–H groups in total. The Bertz CT molecular complexity index is 174. The molecule has 1 unspecified atom stereocenters. The second-order valence-corrected chi connectivity index (χ2v) is 6.36. The van der Waals surface area contributed by atoms with E-state index in [0.29, 0.717) is 10.8 Å². The maximum Gasteiger partial charge on any atom is 0.0121 e. The summed E-state index contributed by atoms with van der Waals surface area (Å²) in [6.45, 7) is 12.8. The van der Waals surface area contributed by atoms with Crippen LogP contribution in [0, 0.1) is 10.8 Å². The Kier molecular flexibility index (Phi) is 3.63. The van der Waals surface area contributed by atoms with Crippen molar-refractivity contribution in [2.24, 2.45) is 10.8 Å². The summed E-state index contributed by atoms with van der Waals surface area (Å²) in [5.74, 6) is 0. The van der Waals surface area contributed by atoms with Gasteiger partial charge in [0.05, 0.1) is 0 Å². The summed E-state index contributed by atoms with van der Waals surface area (Å²) in [7, 11) is 0. The Hall–Kier alpha value is -0.0400. The second-order valence-electron chi connectivity index (χ2n) is 6.36. The fourth-order valence-electron chi connectivity index (χ4n) is 2.07. The summed E-state index contributed by atoms with van der Waals surface area (Å²) < 4.78 is 0. The number of hydrogen-bond donors (Lipinski definition) is 1. The number of hydrogen-bond acceptors (Lipinski definition) is 1. The van der Waals surface area contributed by atoms with Crippen LogP contribution in [0.25, 0.3) is 0 Å². The van der Waals surface area contributed by atoms with E-state index in [9.17, 15) is 0 Å². The van der Waals surface area contributed by atoms with Crippen LogP contribution in [0.2, 0.25) is 0 Å². The van der Waals surface area contributed by atoms with E-state index in [1.54, 1.807) is 0 Å². The van der Waals surface area contributed by atoms with Gasteiger partial charge >= 0.3 is 0 Å². The molecular weight excluding hydrogens is 170 g/mol. The highest BCUT2D eigenvalue weighted by molar-refractivity contribution is 4.98. The molecule has 1 nitrogen and oxygen atoms in total. The molecule has 0 radical (unpaired) electrons. The first-order valence-corrected chi connectivity index (χ1v) is 6.11. The maximum absolute atomic E-state index is 3.66. The van der Waals surface area contributed by atoms with Crippen molar-refractivity contribution in [3.05, 3.63) is 0 Å². The lowest BCUT2D eigenvalue weighted by atomic mass is 9.85. The van der Waals surface area contributed by atoms with Gasteiger partial charge in [0.25, 0.3) is 0 Å². The Balaban J connectivity index is 2.37. The zero-order valence-corrected chi connectivity index (χ0v) is 10.6. The van der Waals surface area contributed by atoms with E-state index in [4.69, 9.17) is 0 Å². The Morgan fingerprint density at radius 2 is 1.86 bits per heavy atom. The molecule has 1 saturated carbocycles. The molecule has 0 aliphatic heterocycles. The van der Waals surface area contributed by atoms with E-state index < -0.39 is 0 Å². The number of nitrogens with one attached hydrogen (secondary N) is 1. The normalized spacial score (nSPS) is 22.1. The van der Waals surface area contributed by atoms with Crippen LogP contribution in [-0.4, -0.2) is 12.6 Å². The highest BCUT2D eigenvalue weighted by Crippen LogP contribution is 2.49. The van der Waals surface area contributed by atoms with Crippen molar-refractivity contribution >= 4 is 0 Å². The number of rotatable bonds is 5. The lowest BCUT2D eigenvalue weighted by Crippen LogP contribution is -2.36. The minimum atomic E-state index is 0.485. The van der Waals surface area contributed by atoms with Crippen molar-refractivity contribution in [3.8, 4) is 0 Å². The van der Waals surface area contributed by atoms with Gasteiger partial charge < -0.3 is 5.32 Å². The van der Waals surface area contributed by atoms with Crippen LogP contribution in [0.3, 0.4) is 0 Å². The van der Waals surface area contributed by atoms with Crippen molar-refractivity contribution in [2.45, 2.75) is 66.3 Å². The van der Waals surface area contributed by atoms with Crippen molar-refractivity contribution in [1.29, 1.82) is 0 Å². The first-order chi connectivity index (χ1) is 6.37. The summed E-state index contributed by atoms with van der Waals surface area (Å²) in [6, 6.07) is 0.756. The molecule has 14 heavy (non-hydrogen) atoms. The van der Waals surface area contributed by atoms with Gasteiger partial charge in [-0.3, -0.25) is 0 Å². The third kappa shape index (κ3) is 3.61. The Morgan fingerprint density at radius 1 is 1.29 bits per heavy atom. The maximum atomic E-state index is 3.66. The minimum Gasteiger partial charge on any atom is -0.314 e. The fraction of sp³-hybridized carbons (Fsp3) is 1.00. The third-order valence-electron chi connectivity index (χ3n) is 3.51. The third-order valence-corrected chi connectivity index (χ3v) is 3.51. The average Bonchev–Trinajstić information content (AvgIpc) is 2.76. The van der Waals surface area contributed by atoms with Crippen LogP contribution >= 0.6 is 0 Å². The standard InChI is InChI=1S/C13H27N/c1-6-14-11(13(5)9-10-13)7-8-12(2,3)4/h11,14H,6-10H2,1-5H3. The zero-order chi connectivity index (χ0) is 10.8. The molecule has 84 valence electrons. The summed E-state index contributed by atoms with van der Waals surface area (Å²) >= 11 is 0. The molecule has 1 heteroatoms. The van der Waals surface area contributed by atoms with Crippen LogP contribution in [-0.2, 0) is 0 Å². The monoisotopic (exact) mass is 197 g/mol. The van der Waals surface area contributed by atoms with Gasteiger partial charge in [-0.25, -0.2) is 0 Å². The molecule has 1 fully saturated rings. The van der Waals surface area contributed by atoms with E-state index in [2.05, 4.69) is 39.9 Å². The smallest absolute Gasteiger partial charge is 0.0121 e. The predicted molar refractivity (Wildman–Crippen MR) is 63.5 cm³/mol. The summed E-state index contributed by atoms with van der Waals surface area (Å²) in [5, 5.41) is 3.66. The molecule has 0 aromatic rings. The van der Waals surface area contributed by atoms with Gasteiger partial charge in [0.2, 0.25) is 0 Å². The topological polar surface area (TPSA) is 12.0 Å². The molecule has 1 aliphatic rings. The lowest BCUT2D eigenvalue weighted by molar-refractivity contribution is 0.278. The van der Waals surface area contributed by atoms with Crippen molar-refractivity contribution in [1.82, 2.24) is 5.32 Å². The molecule has 0 aromatic heterocycles. The molecule has 0 amide bonds. The lowest BCUT2D eigenvalue weighted by Gasteiger charge is -2.28. The van der Waals surface area contributed by atoms with E-state index in [0.717, 1.165) is 12.6 Å². The van der Waals surface area contributed by atoms with E-state index in [1.807, 2.05) is 0 Å². The van der Waals surface area contributed by atoms with Crippen LogP contribution in [0.15, 0.2) is 0 Å². The largest absolute Gasteiger partial charge is 0.314 e. The van der Waals surface area contributed by atoms with Crippen LogP contribution in [0.1, 0.15) is 60.3 Å². The van der Waals surface area contributed by atoms with Gasteiger partial charge in [-0.1, -0.05) is 34.6 Å². The second kappa shape index (κ2) is 4.22. The van der Waals surface area contributed by atoms with Crippen molar-refractivity contribution < 1.29 is 0 Å². The highest BCUT2D eigenvalue weighted by atomic mass is 14.9. The molecule has 0 spiro atoms. The zero-order valence-electron chi connectivity index (χ0n) is 10.6. The molecule has 1 atom stereocenters. The van der Waals surface area contributed by atoms with E-state index in [-0.39, 0.29) is 0 Å². The quantitative estimate of drug-likeness (QED) is 0.710. The van der Waals surface area contributed by atoms with Crippen LogP contribution in [0.4, 0.5) is 0 Å². The summed E-state index contributed by atoms with van der Waals surface area (Å²) in [6.07, 6.45) is 5.53. The first-order valence-electron chi connectivity index (χ1n) is 6.11. The fourth-order valence-corrected chi connectivity index (χ4v) is 2.07. The molecule has 0 saturated heterocycles. The predicted octanol–water partition coefficient (Wildman–Crippen LogP) is 3.59. The van der Waals surface area contributed by atoms with Crippen molar-refractivity contribution in [2.75, 3.05) is 6.54 Å². The molecular formula is C13H27N. The molecule has 0 heterocycles. The summed E-state index contributed by atoms with van der Waals surface area (Å²) in [5.41, 5.74) is 1.11. The molecule has 1 aliphatic carbocycles. The van der Waals surface area contributed by atoms with Crippen LogP contribution in [0.5, 0.6) is 0 Å². The Labute approximate surface area is 89.7 Å². The van der Waals surface area contributed by atoms with E-state index in [1.165, 1.54) is 25.7 Å². The molecule has 0 aromatic carbocycles. The van der Waals surface area contributed by atoms with Crippen LogP contribution < -0.4 is 5.32 Å². The SMILES string of the molecule is CCNC(CCC(C)(C)C)C1(C)CC1. The first kappa shape index (κ1) is 12.0. The molecule has 0 bridgehead atoms. The van der Waals surface area contributed by atoms with Gasteiger partial charge in [-0.05, 0) is 43.1 Å². The van der Waals surface area contributed by atoms with Gasteiger partial charge in [0.15, 0.2) is 0 Å². The average molecular weight is 197 g/mol. The Morgan fingerprint density at radius 3 is 2.21 bits per heavy atom. The van der Waals surface area contributed by atoms with Gasteiger partial charge in [0.1, 0.15) is 0 Å². The van der Waals surface area contributed by atoms with Crippen molar-refractivity contribution in [3.63, 3.8) is 0 Å². The van der Waals surface area contributed by atoms with E-state index >= 15 is 0 Å². The highest BCUT2D eigenvalue weighted by Gasteiger charge is 2.44.